The number of methoxy groups -OCH3 is 1. The van der Waals surface area contributed by atoms with Gasteiger partial charge in [-0.3, -0.25) is 0 Å². The van der Waals surface area contributed by atoms with Gasteiger partial charge in [0.1, 0.15) is 0 Å². The molecule has 0 saturated carbocycles. The molecule has 0 aliphatic heterocycles. The Bertz CT molecular complexity index is 687. The summed E-state index contributed by atoms with van der Waals surface area (Å²) in [7, 11) is 0.0259. The number of hydrogen-bond acceptors (Lipinski definition) is 4. The number of hydrogen-bond donors (Lipinski definition) is 2. The van der Waals surface area contributed by atoms with Crippen molar-refractivity contribution < 1.29 is 13.2 Å². The summed E-state index contributed by atoms with van der Waals surface area (Å²) in [5.74, 6) is 0.833. The molecule has 0 atom stereocenters. The lowest BCUT2D eigenvalue weighted by Gasteiger charge is -2.21. The minimum atomic E-state index is -3.51. The van der Waals surface area contributed by atoms with E-state index in [4.69, 9.17) is 4.74 Å². The number of guanidine groups is 1. The lowest BCUT2D eigenvalue weighted by Crippen LogP contribution is -2.39. The van der Waals surface area contributed by atoms with Crippen LogP contribution >= 0.6 is 0 Å². The third kappa shape index (κ3) is 8.55. The van der Waals surface area contributed by atoms with Crippen molar-refractivity contribution in [3.63, 3.8) is 0 Å². The van der Waals surface area contributed by atoms with E-state index in [1.54, 1.807) is 24.3 Å². The van der Waals surface area contributed by atoms with E-state index in [0.717, 1.165) is 37.5 Å². The summed E-state index contributed by atoms with van der Waals surface area (Å²) in [5.41, 5.74) is 0.945. The topological polar surface area (TPSA) is 83.0 Å². The Balaban J connectivity index is 2.73. The molecular formula is C19H32N4O3S. The van der Waals surface area contributed by atoms with E-state index in [0.29, 0.717) is 13.2 Å². The summed E-state index contributed by atoms with van der Waals surface area (Å²) in [6.07, 6.45) is 3.91. The molecule has 2 N–H and O–H groups in total. The van der Waals surface area contributed by atoms with Crippen LogP contribution in [-0.2, 0) is 21.3 Å². The molecule has 0 unspecified atom stereocenters. The fourth-order valence-corrected chi connectivity index (χ4v) is 3.36. The van der Waals surface area contributed by atoms with Gasteiger partial charge in [-0.2, -0.15) is 0 Å². The zero-order valence-electron chi connectivity index (χ0n) is 16.6. The van der Waals surface area contributed by atoms with Crippen LogP contribution < -0.4 is 10.0 Å². The van der Waals surface area contributed by atoms with E-state index in [1.165, 1.54) is 7.11 Å². The first-order chi connectivity index (χ1) is 12.9. The van der Waals surface area contributed by atoms with Crippen LogP contribution in [0.5, 0.6) is 0 Å². The van der Waals surface area contributed by atoms with Crippen LogP contribution in [0.2, 0.25) is 0 Å². The maximum atomic E-state index is 12.2. The normalized spacial score (nSPS) is 12.0. The number of rotatable bonds is 12. The molecule has 0 heterocycles. The number of nitrogens with one attached hydrogen (secondary N) is 2. The van der Waals surface area contributed by atoms with E-state index in [9.17, 15) is 8.42 Å². The molecule has 0 saturated heterocycles. The van der Waals surface area contributed by atoms with Crippen molar-refractivity contribution >= 4 is 16.0 Å². The van der Waals surface area contributed by atoms with Crippen LogP contribution in [0.3, 0.4) is 0 Å². The highest BCUT2D eigenvalue weighted by molar-refractivity contribution is 7.89. The Morgan fingerprint density at radius 3 is 2.63 bits per heavy atom. The first kappa shape index (κ1) is 23.1. The second kappa shape index (κ2) is 12.5. The zero-order valence-corrected chi connectivity index (χ0v) is 17.4. The number of sulfonamides is 1. The van der Waals surface area contributed by atoms with Crippen LogP contribution in [-0.4, -0.2) is 59.7 Å². The second-order valence-electron chi connectivity index (χ2n) is 6.06. The van der Waals surface area contributed by atoms with Crippen LogP contribution in [0.25, 0.3) is 0 Å². The smallest absolute Gasteiger partial charge is 0.240 e. The highest BCUT2D eigenvalue weighted by Gasteiger charge is 2.13. The first-order valence-electron chi connectivity index (χ1n) is 9.12. The molecule has 0 aromatic heterocycles. The molecule has 27 heavy (non-hydrogen) atoms. The van der Waals surface area contributed by atoms with Crippen LogP contribution in [0, 0.1) is 0 Å². The van der Waals surface area contributed by atoms with Gasteiger partial charge in [-0.05, 0) is 37.5 Å². The Morgan fingerprint density at radius 1 is 1.33 bits per heavy atom. The van der Waals surface area contributed by atoms with Gasteiger partial charge in [0.25, 0.3) is 0 Å². The molecule has 7 nitrogen and oxygen atoms in total. The number of allylic oxidation sites excluding steroid dienone is 1. The van der Waals surface area contributed by atoms with E-state index in [-0.39, 0.29) is 11.4 Å². The van der Waals surface area contributed by atoms with E-state index in [1.807, 2.05) is 20.0 Å². The molecule has 0 radical (unpaired) electrons. The van der Waals surface area contributed by atoms with Crippen molar-refractivity contribution in [1.29, 1.82) is 0 Å². The lowest BCUT2D eigenvalue weighted by molar-refractivity contribution is 0.204. The van der Waals surface area contributed by atoms with Crippen molar-refractivity contribution in [2.24, 2.45) is 4.99 Å². The van der Waals surface area contributed by atoms with Crippen LogP contribution in [0.1, 0.15) is 25.3 Å². The zero-order chi connectivity index (χ0) is 20.1. The van der Waals surface area contributed by atoms with Crippen molar-refractivity contribution in [2.75, 3.05) is 40.4 Å². The molecule has 1 rings (SSSR count). The molecule has 8 heteroatoms. The van der Waals surface area contributed by atoms with Gasteiger partial charge < -0.3 is 15.0 Å². The Labute approximate surface area is 163 Å². The highest BCUT2D eigenvalue weighted by atomic mass is 32.2. The summed E-state index contributed by atoms with van der Waals surface area (Å²) >= 11 is 0. The summed E-state index contributed by atoms with van der Waals surface area (Å²) < 4.78 is 31.7. The third-order valence-electron chi connectivity index (χ3n) is 3.84. The molecule has 0 bridgehead atoms. The van der Waals surface area contributed by atoms with Gasteiger partial charge in [-0.1, -0.05) is 18.2 Å². The monoisotopic (exact) mass is 396 g/mol. The molecule has 0 amide bonds. The average Bonchev–Trinajstić information content (AvgIpc) is 2.65. The first-order valence-corrected chi connectivity index (χ1v) is 10.6. The fraction of sp³-hybridized carbons (Fsp3) is 0.526. The maximum absolute atomic E-state index is 12.2. The summed E-state index contributed by atoms with van der Waals surface area (Å²) in [6.45, 7) is 8.51. The summed E-state index contributed by atoms with van der Waals surface area (Å²) in [5, 5.41) is 3.28. The van der Waals surface area contributed by atoms with E-state index >= 15 is 0 Å². The minimum Gasteiger partial charge on any atom is -0.383 e. The lowest BCUT2D eigenvalue weighted by atomic mass is 10.2. The predicted molar refractivity (Wildman–Crippen MR) is 110 cm³/mol. The van der Waals surface area contributed by atoms with Gasteiger partial charge in [-0.15, -0.1) is 6.58 Å². The standard InChI is InChI=1S/C19H32N4O3S/c1-5-7-8-14-23(3)19(20-6-2)21-16-17-9-11-18(12-10-17)27(24,25)22-13-15-26-4/h5,9-12,22H,1,6-8,13-16H2,2-4H3,(H,20,21). The van der Waals surface area contributed by atoms with Crippen molar-refractivity contribution in [3.8, 4) is 0 Å². The number of unbranched alkanes of at least 4 members (excludes halogenated alkanes) is 1. The van der Waals surface area contributed by atoms with Gasteiger partial charge in [0, 0.05) is 33.8 Å². The minimum absolute atomic E-state index is 0.236. The van der Waals surface area contributed by atoms with Gasteiger partial charge in [0.2, 0.25) is 10.0 Å². The van der Waals surface area contributed by atoms with Gasteiger partial charge >= 0.3 is 0 Å². The molecule has 0 fully saturated rings. The molecular weight excluding hydrogens is 364 g/mol. The number of ether oxygens (including phenoxy) is 1. The molecule has 0 aliphatic carbocycles. The van der Waals surface area contributed by atoms with Gasteiger partial charge in [0.05, 0.1) is 18.0 Å². The summed E-state index contributed by atoms with van der Waals surface area (Å²) in [4.78, 5) is 6.96. The van der Waals surface area contributed by atoms with Crippen LogP contribution in [0.15, 0.2) is 46.8 Å². The number of benzene rings is 1. The Morgan fingerprint density at radius 2 is 2.04 bits per heavy atom. The fourth-order valence-electron chi connectivity index (χ4n) is 2.35. The van der Waals surface area contributed by atoms with Crippen molar-refractivity contribution in [1.82, 2.24) is 14.9 Å². The molecule has 1 aromatic rings. The van der Waals surface area contributed by atoms with E-state index in [2.05, 4.69) is 26.5 Å². The molecule has 0 spiro atoms. The summed E-state index contributed by atoms with van der Waals surface area (Å²) in [6, 6.07) is 6.77. The second-order valence-corrected chi connectivity index (χ2v) is 7.82. The Hall–Kier alpha value is -1.90. The van der Waals surface area contributed by atoms with Crippen molar-refractivity contribution in [3.05, 3.63) is 42.5 Å². The van der Waals surface area contributed by atoms with Gasteiger partial charge in [0.15, 0.2) is 5.96 Å². The molecule has 152 valence electrons. The number of aliphatic imine (C=N–C) groups is 1. The maximum Gasteiger partial charge on any atom is 0.240 e. The van der Waals surface area contributed by atoms with Crippen molar-refractivity contribution in [2.45, 2.75) is 31.2 Å². The average molecular weight is 397 g/mol. The molecule has 0 aliphatic rings. The SMILES string of the molecule is C=CCCCN(C)C(=NCc1ccc(S(=O)(=O)NCCOC)cc1)NCC. The molecule has 1 aromatic carbocycles. The van der Waals surface area contributed by atoms with Gasteiger partial charge in [-0.25, -0.2) is 18.1 Å². The quantitative estimate of drug-likeness (QED) is 0.244. The van der Waals surface area contributed by atoms with E-state index < -0.39 is 10.0 Å². The Kier molecular flexibility index (Phi) is 10.7. The predicted octanol–water partition coefficient (Wildman–Crippen LogP) is 1.97. The highest BCUT2D eigenvalue weighted by Crippen LogP contribution is 2.11. The third-order valence-corrected chi connectivity index (χ3v) is 5.32. The number of nitrogens with zero attached hydrogens (tertiary/aromatic N) is 2. The largest absolute Gasteiger partial charge is 0.383 e. The van der Waals surface area contributed by atoms with Crippen LogP contribution in [0.4, 0.5) is 0 Å².